The maximum atomic E-state index is 13.9. The van der Waals surface area contributed by atoms with Gasteiger partial charge in [0.2, 0.25) is 11.4 Å². The number of rotatable bonds is 5. The van der Waals surface area contributed by atoms with Crippen LogP contribution in [0.4, 0.5) is 8.78 Å². The van der Waals surface area contributed by atoms with Crippen molar-refractivity contribution in [2.75, 3.05) is 0 Å². The topological polar surface area (TPSA) is 131 Å². The zero-order chi connectivity index (χ0) is 24.6. The fourth-order valence-corrected chi connectivity index (χ4v) is 3.16. The molecule has 0 N–H and O–H groups in total. The minimum absolute atomic E-state index is 0.0361. The van der Waals surface area contributed by atoms with Gasteiger partial charge >= 0.3 is 0 Å². The molecule has 0 unspecified atom stereocenters. The Morgan fingerprint density at radius 3 is 1.53 bits per heavy atom. The van der Waals surface area contributed by atoms with Gasteiger partial charge in [-0.1, -0.05) is 23.2 Å². The molecule has 0 radical (unpaired) electrons. The molecular formula is C20H12Cl2F2N6O4. The standard InChI is InChI=1S/C20H12Cl2F2N6O4/c1-9(17-19(31)33-27-29(17)11-3-5-13(21)15(23)7-11)25-26-10(2)18-20(32)34-28-30(18)12-4-6-14(22)16(24)8-12/h3-8H,1-2H3. The first-order valence-corrected chi connectivity index (χ1v) is 10.1. The van der Waals surface area contributed by atoms with E-state index >= 15 is 0 Å². The molecule has 0 atom stereocenters. The summed E-state index contributed by atoms with van der Waals surface area (Å²) in [7, 11) is 0. The van der Waals surface area contributed by atoms with Crippen LogP contribution in [0.25, 0.3) is 11.4 Å². The number of benzene rings is 2. The highest BCUT2D eigenvalue weighted by Gasteiger charge is 2.26. The van der Waals surface area contributed by atoms with E-state index in [1.165, 1.54) is 38.1 Å². The third kappa shape index (κ3) is 4.32. The first kappa shape index (κ1) is 23.3. The number of halogens is 4. The smallest absolute Gasteiger partial charge is 0.286 e. The third-order valence-corrected chi connectivity index (χ3v) is 5.17. The van der Waals surface area contributed by atoms with Crippen LogP contribution in [0.3, 0.4) is 0 Å². The van der Waals surface area contributed by atoms with Gasteiger partial charge in [-0.3, -0.25) is 0 Å². The summed E-state index contributed by atoms with van der Waals surface area (Å²) in [5.74, 6) is -3.17. The van der Waals surface area contributed by atoms with Gasteiger partial charge in [-0.25, -0.2) is 8.78 Å². The SMILES string of the molecule is C/C(=N\N=C(/C)c1c([O-])on[n+]1-c1ccc(Cl)c(F)c1)c1c([O-])on[n+]1-c1ccc(Cl)c(F)c1. The van der Waals surface area contributed by atoms with Crippen molar-refractivity contribution in [3.05, 3.63) is 69.5 Å². The zero-order valence-electron chi connectivity index (χ0n) is 17.3. The first-order valence-electron chi connectivity index (χ1n) is 9.36. The molecule has 0 spiro atoms. The highest BCUT2D eigenvalue weighted by atomic mass is 35.5. The lowest BCUT2D eigenvalue weighted by Gasteiger charge is -1.99. The van der Waals surface area contributed by atoms with Gasteiger partial charge in [-0.2, -0.15) is 0 Å². The van der Waals surface area contributed by atoms with Crippen LogP contribution in [0.15, 0.2) is 55.6 Å². The van der Waals surface area contributed by atoms with Crippen LogP contribution < -0.4 is 19.6 Å². The highest BCUT2D eigenvalue weighted by molar-refractivity contribution is 6.31. The maximum Gasteiger partial charge on any atom is 0.286 e. The molecule has 10 nitrogen and oxygen atoms in total. The lowest BCUT2D eigenvalue weighted by molar-refractivity contribution is -0.672. The van der Waals surface area contributed by atoms with E-state index in [1.807, 2.05) is 0 Å². The van der Waals surface area contributed by atoms with E-state index < -0.39 is 23.5 Å². The van der Waals surface area contributed by atoms with Crippen molar-refractivity contribution in [1.29, 1.82) is 0 Å². The average Bonchev–Trinajstić information content (AvgIpc) is 3.38. The van der Waals surface area contributed by atoms with Gasteiger partial charge in [0.15, 0.2) is 11.9 Å². The van der Waals surface area contributed by atoms with Gasteiger partial charge in [0.25, 0.3) is 11.4 Å². The summed E-state index contributed by atoms with van der Waals surface area (Å²) >= 11 is 11.4. The number of nitrogens with zero attached hydrogens (tertiary/aromatic N) is 6. The van der Waals surface area contributed by atoms with E-state index in [9.17, 15) is 19.0 Å². The van der Waals surface area contributed by atoms with Crippen molar-refractivity contribution in [1.82, 2.24) is 10.5 Å². The minimum atomic E-state index is -0.856. The second-order valence-electron chi connectivity index (χ2n) is 6.81. The molecule has 0 aliphatic heterocycles. The summed E-state index contributed by atoms with van der Waals surface area (Å²) in [6.45, 7) is 2.86. The van der Waals surface area contributed by atoms with Crippen LogP contribution >= 0.6 is 23.2 Å². The van der Waals surface area contributed by atoms with Crippen LogP contribution in [0, 0.1) is 11.6 Å². The van der Waals surface area contributed by atoms with Gasteiger partial charge in [0.1, 0.15) is 23.1 Å². The van der Waals surface area contributed by atoms with E-state index in [1.54, 1.807) is 0 Å². The molecule has 2 aromatic carbocycles. The second-order valence-corrected chi connectivity index (χ2v) is 7.62. The van der Waals surface area contributed by atoms with Crippen LogP contribution in [-0.2, 0) is 0 Å². The number of aromatic nitrogens is 4. The van der Waals surface area contributed by atoms with Gasteiger partial charge in [-0.05, 0) is 35.3 Å². The molecule has 0 bridgehead atoms. The van der Waals surface area contributed by atoms with E-state index in [0.717, 1.165) is 21.5 Å². The molecule has 0 aliphatic carbocycles. The molecule has 4 aromatic rings. The molecule has 0 amide bonds. The van der Waals surface area contributed by atoms with Crippen molar-refractivity contribution >= 4 is 34.6 Å². The predicted octanol–water partition coefficient (Wildman–Crippen LogP) is 2.18. The van der Waals surface area contributed by atoms with E-state index in [-0.39, 0.29) is 44.2 Å². The Morgan fingerprint density at radius 1 is 0.794 bits per heavy atom. The molecule has 0 saturated heterocycles. The Morgan fingerprint density at radius 2 is 1.18 bits per heavy atom. The summed E-state index contributed by atoms with van der Waals surface area (Å²) in [6, 6.07) is 7.55. The molecule has 4 rings (SSSR count). The Hall–Kier alpha value is -3.90. The second kappa shape index (κ2) is 9.15. The van der Waals surface area contributed by atoms with Crippen LogP contribution in [0.5, 0.6) is 11.9 Å². The Bertz CT molecular complexity index is 1360. The van der Waals surface area contributed by atoms with Crippen LogP contribution in [0.1, 0.15) is 25.2 Å². The zero-order valence-corrected chi connectivity index (χ0v) is 18.8. The number of hydrogen-bond acceptors (Lipinski definition) is 8. The molecule has 2 heterocycles. The fourth-order valence-electron chi connectivity index (χ4n) is 2.93. The van der Waals surface area contributed by atoms with E-state index in [4.69, 9.17) is 23.2 Å². The Kier molecular flexibility index (Phi) is 6.26. The maximum absolute atomic E-state index is 13.9. The van der Waals surface area contributed by atoms with Crippen molar-refractivity contribution in [2.24, 2.45) is 10.2 Å². The summed E-state index contributed by atoms with van der Waals surface area (Å²) < 4.78 is 39.2. The molecule has 14 heteroatoms. The summed E-state index contributed by atoms with van der Waals surface area (Å²) in [5, 5.41) is 39.3. The molecule has 2 aromatic heterocycles. The molecule has 174 valence electrons. The van der Waals surface area contributed by atoms with Gasteiger partial charge in [0.05, 0.1) is 32.7 Å². The van der Waals surface area contributed by atoms with Gasteiger partial charge in [0, 0.05) is 12.1 Å². The largest absolute Gasteiger partial charge is 0.539 e. The van der Waals surface area contributed by atoms with Crippen molar-refractivity contribution < 1.29 is 37.4 Å². The lowest BCUT2D eigenvalue weighted by Crippen LogP contribution is -2.39. The quantitative estimate of drug-likeness (QED) is 0.230. The van der Waals surface area contributed by atoms with Gasteiger partial charge < -0.3 is 19.3 Å². The predicted molar refractivity (Wildman–Crippen MR) is 109 cm³/mol. The molecule has 0 aliphatic rings. The fraction of sp³-hybridized carbons (Fsp3) is 0.100. The molecule has 0 fully saturated rings. The average molecular weight is 509 g/mol. The van der Waals surface area contributed by atoms with Crippen molar-refractivity contribution in [3.8, 4) is 23.3 Å². The molecule has 34 heavy (non-hydrogen) atoms. The molecular weight excluding hydrogens is 497 g/mol. The third-order valence-electron chi connectivity index (χ3n) is 4.55. The Labute approximate surface area is 199 Å². The number of hydrogen-bond donors (Lipinski definition) is 0. The summed E-state index contributed by atoms with van der Waals surface area (Å²) in [5.41, 5.74) is 0.100. The van der Waals surface area contributed by atoms with Crippen molar-refractivity contribution in [2.45, 2.75) is 13.8 Å². The lowest BCUT2D eigenvalue weighted by atomic mass is 10.2. The summed E-state index contributed by atoms with van der Waals surface area (Å²) in [4.78, 5) is 0. The normalized spacial score (nSPS) is 12.4. The van der Waals surface area contributed by atoms with E-state index in [0.29, 0.717) is 0 Å². The first-order chi connectivity index (χ1) is 16.2. The summed E-state index contributed by atoms with van der Waals surface area (Å²) in [6.07, 6.45) is 0. The van der Waals surface area contributed by atoms with Gasteiger partial charge in [-0.15, -0.1) is 10.2 Å². The molecule has 0 saturated carbocycles. The van der Waals surface area contributed by atoms with Crippen LogP contribution in [-0.4, -0.2) is 22.0 Å². The minimum Gasteiger partial charge on any atom is -0.539 e. The Balaban J connectivity index is 1.72. The van der Waals surface area contributed by atoms with Crippen LogP contribution in [0.2, 0.25) is 10.0 Å². The highest BCUT2D eigenvalue weighted by Crippen LogP contribution is 2.19. The van der Waals surface area contributed by atoms with Crippen molar-refractivity contribution in [3.63, 3.8) is 0 Å². The van der Waals surface area contributed by atoms with E-state index in [2.05, 4.69) is 29.8 Å². The monoisotopic (exact) mass is 508 g/mol.